The van der Waals surface area contributed by atoms with Gasteiger partial charge in [0.1, 0.15) is 0 Å². The second-order valence-electron chi connectivity index (χ2n) is 6.29. The Morgan fingerprint density at radius 1 is 1.08 bits per heavy atom. The summed E-state index contributed by atoms with van der Waals surface area (Å²) in [5.41, 5.74) is 1.79. The molecular weight excluding hydrogens is 338 g/mol. The van der Waals surface area contributed by atoms with Gasteiger partial charge in [-0.1, -0.05) is 30.3 Å². The summed E-state index contributed by atoms with van der Waals surface area (Å²) in [6.07, 6.45) is 1.71. The Balaban J connectivity index is 1.64. The Morgan fingerprint density at radius 3 is 2.40 bits per heavy atom. The average Bonchev–Trinajstić information content (AvgIpc) is 2.62. The fourth-order valence-corrected chi connectivity index (χ4v) is 4.33. The van der Waals surface area contributed by atoms with Crippen molar-refractivity contribution in [3.05, 3.63) is 48.2 Å². The van der Waals surface area contributed by atoms with E-state index in [0.29, 0.717) is 26.2 Å². The zero-order valence-electron chi connectivity index (χ0n) is 14.5. The first-order valence-corrected chi connectivity index (χ1v) is 9.83. The predicted octanol–water partition coefficient (Wildman–Crippen LogP) is 1.19. The van der Waals surface area contributed by atoms with Crippen molar-refractivity contribution in [2.75, 3.05) is 50.1 Å². The molecule has 134 valence electrons. The molecule has 1 fully saturated rings. The largest absolute Gasteiger partial charge is 0.376 e. The van der Waals surface area contributed by atoms with Crippen LogP contribution in [0.5, 0.6) is 0 Å². The number of anilines is 2. The van der Waals surface area contributed by atoms with Gasteiger partial charge in [-0.05, 0) is 5.56 Å². The van der Waals surface area contributed by atoms with Crippen LogP contribution >= 0.6 is 0 Å². The number of hydrogen-bond acceptors (Lipinski definition) is 6. The molecule has 2 aromatic rings. The maximum Gasteiger partial charge on any atom is 0.218 e. The van der Waals surface area contributed by atoms with Crippen LogP contribution in [0, 0.1) is 0 Å². The molecule has 1 aromatic heterocycles. The molecule has 0 saturated carbocycles. The van der Waals surface area contributed by atoms with Crippen LogP contribution in [0.3, 0.4) is 0 Å². The predicted molar refractivity (Wildman–Crippen MR) is 99.2 cm³/mol. The molecule has 1 aliphatic rings. The van der Waals surface area contributed by atoms with Crippen LogP contribution in [0.25, 0.3) is 0 Å². The molecule has 0 unspecified atom stereocenters. The lowest BCUT2D eigenvalue weighted by Gasteiger charge is -2.34. The molecular formula is C17H23N5O2S. The second-order valence-corrected chi connectivity index (χ2v) is 8.26. The van der Waals surface area contributed by atoms with E-state index in [-0.39, 0.29) is 5.75 Å². The first kappa shape index (κ1) is 17.6. The molecule has 8 heteroatoms. The van der Waals surface area contributed by atoms with Crippen molar-refractivity contribution in [3.8, 4) is 0 Å². The standard InChI is InChI=1S/C17H23N5O2S/c1-20(2)16-12-17(19-18-13-16)21-8-10-22(11-9-21)25(23,24)14-15-6-4-3-5-7-15/h3-7,12-13H,8-11,14H2,1-2H3. The Kier molecular flexibility index (Phi) is 5.19. The summed E-state index contributed by atoms with van der Waals surface area (Å²) in [4.78, 5) is 4.05. The van der Waals surface area contributed by atoms with E-state index in [0.717, 1.165) is 17.1 Å². The Bertz CT molecular complexity index is 803. The number of nitrogens with zero attached hydrogens (tertiary/aromatic N) is 5. The number of benzene rings is 1. The van der Waals surface area contributed by atoms with Gasteiger partial charge in [0, 0.05) is 46.3 Å². The maximum absolute atomic E-state index is 12.6. The topological polar surface area (TPSA) is 69.6 Å². The molecule has 0 N–H and O–H groups in total. The lowest BCUT2D eigenvalue weighted by atomic mass is 10.2. The summed E-state index contributed by atoms with van der Waals surface area (Å²) in [6, 6.07) is 11.3. The SMILES string of the molecule is CN(C)c1cnnc(N2CCN(S(=O)(=O)Cc3ccccc3)CC2)c1. The van der Waals surface area contributed by atoms with Crippen LogP contribution in [0.4, 0.5) is 11.5 Å². The van der Waals surface area contributed by atoms with E-state index in [1.807, 2.05) is 55.4 Å². The quantitative estimate of drug-likeness (QED) is 0.797. The van der Waals surface area contributed by atoms with Crippen molar-refractivity contribution in [3.63, 3.8) is 0 Å². The molecule has 0 bridgehead atoms. The minimum Gasteiger partial charge on any atom is -0.376 e. The summed E-state index contributed by atoms with van der Waals surface area (Å²) in [7, 11) is 0.605. The maximum atomic E-state index is 12.6. The molecule has 0 spiro atoms. The summed E-state index contributed by atoms with van der Waals surface area (Å²) >= 11 is 0. The molecule has 7 nitrogen and oxygen atoms in total. The molecule has 1 saturated heterocycles. The van der Waals surface area contributed by atoms with E-state index in [9.17, 15) is 8.42 Å². The van der Waals surface area contributed by atoms with E-state index in [4.69, 9.17) is 0 Å². The Morgan fingerprint density at radius 2 is 1.76 bits per heavy atom. The zero-order chi connectivity index (χ0) is 17.9. The van der Waals surface area contributed by atoms with Gasteiger partial charge in [-0.2, -0.15) is 9.40 Å². The first-order chi connectivity index (χ1) is 12.0. The summed E-state index contributed by atoms with van der Waals surface area (Å²) in [5, 5.41) is 8.22. The van der Waals surface area contributed by atoms with Crippen molar-refractivity contribution in [2.45, 2.75) is 5.75 Å². The van der Waals surface area contributed by atoms with Crippen LogP contribution in [0.2, 0.25) is 0 Å². The summed E-state index contributed by atoms with van der Waals surface area (Å²) < 4.78 is 26.8. The second kappa shape index (κ2) is 7.37. The Labute approximate surface area is 148 Å². The van der Waals surface area contributed by atoms with Crippen LogP contribution in [-0.2, 0) is 15.8 Å². The van der Waals surface area contributed by atoms with Crippen LogP contribution in [0.15, 0.2) is 42.6 Å². The summed E-state index contributed by atoms with van der Waals surface area (Å²) in [5.74, 6) is 0.829. The van der Waals surface area contributed by atoms with Gasteiger partial charge in [-0.15, -0.1) is 5.10 Å². The highest BCUT2D eigenvalue weighted by molar-refractivity contribution is 7.88. The lowest BCUT2D eigenvalue weighted by Crippen LogP contribution is -2.49. The lowest BCUT2D eigenvalue weighted by molar-refractivity contribution is 0.383. The summed E-state index contributed by atoms with van der Waals surface area (Å²) in [6.45, 7) is 2.14. The fraction of sp³-hybridized carbons (Fsp3) is 0.412. The molecule has 2 heterocycles. The van der Waals surface area contributed by atoms with Crippen molar-refractivity contribution in [1.29, 1.82) is 0 Å². The van der Waals surface area contributed by atoms with Crippen molar-refractivity contribution in [1.82, 2.24) is 14.5 Å². The first-order valence-electron chi connectivity index (χ1n) is 8.22. The fourth-order valence-electron chi connectivity index (χ4n) is 2.82. The third-order valence-corrected chi connectivity index (χ3v) is 6.14. The highest BCUT2D eigenvalue weighted by Crippen LogP contribution is 2.20. The number of piperazine rings is 1. The van der Waals surface area contributed by atoms with Gasteiger partial charge in [0.15, 0.2) is 5.82 Å². The smallest absolute Gasteiger partial charge is 0.218 e. The number of rotatable bonds is 5. The molecule has 0 aliphatic carbocycles. The highest BCUT2D eigenvalue weighted by atomic mass is 32.2. The number of aromatic nitrogens is 2. The van der Waals surface area contributed by atoms with Gasteiger partial charge >= 0.3 is 0 Å². The monoisotopic (exact) mass is 361 g/mol. The van der Waals surface area contributed by atoms with Gasteiger partial charge in [-0.25, -0.2) is 8.42 Å². The van der Waals surface area contributed by atoms with Gasteiger partial charge in [0.2, 0.25) is 10.0 Å². The van der Waals surface area contributed by atoms with Crippen LogP contribution in [-0.4, -0.2) is 63.2 Å². The third-order valence-electron chi connectivity index (χ3n) is 4.29. The molecule has 0 amide bonds. The molecule has 25 heavy (non-hydrogen) atoms. The van der Waals surface area contributed by atoms with Gasteiger partial charge in [0.25, 0.3) is 0 Å². The molecule has 1 aliphatic heterocycles. The molecule has 0 atom stereocenters. The minimum absolute atomic E-state index is 0.0454. The molecule has 1 aromatic carbocycles. The highest BCUT2D eigenvalue weighted by Gasteiger charge is 2.27. The normalized spacial score (nSPS) is 16.0. The van der Waals surface area contributed by atoms with Crippen molar-refractivity contribution < 1.29 is 8.42 Å². The van der Waals surface area contributed by atoms with E-state index in [2.05, 4.69) is 15.1 Å². The van der Waals surface area contributed by atoms with E-state index in [1.54, 1.807) is 10.5 Å². The zero-order valence-corrected chi connectivity index (χ0v) is 15.4. The van der Waals surface area contributed by atoms with E-state index >= 15 is 0 Å². The average molecular weight is 361 g/mol. The van der Waals surface area contributed by atoms with Crippen LogP contribution in [0.1, 0.15) is 5.56 Å². The van der Waals surface area contributed by atoms with Crippen molar-refractivity contribution >= 4 is 21.5 Å². The van der Waals surface area contributed by atoms with Gasteiger partial charge < -0.3 is 9.80 Å². The van der Waals surface area contributed by atoms with E-state index in [1.165, 1.54) is 0 Å². The molecule has 0 radical (unpaired) electrons. The Hall–Kier alpha value is -2.19. The number of hydrogen-bond donors (Lipinski definition) is 0. The van der Waals surface area contributed by atoms with Crippen LogP contribution < -0.4 is 9.80 Å². The molecule has 3 rings (SSSR count). The minimum atomic E-state index is -3.30. The van der Waals surface area contributed by atoms with Gasteiger partial charge in [-0.3, -0.25) is 0 Å². The van der Waals surface area contributed by atoms with Crippen molar-refractivity contribution in [2.24, 2.45) is 0 Å². The third kappa shape index (κ3) is 4.26. The van der Waals surface area contributed by atoms with Gasteiger partial charge in [0.05, 0.1) is 17.6 Å². The van der Waals surface area contributed by atoms with E-state index < -0.39 is 10.0 Å². The number of sulfonamides is 1.